The van der Waals surface area contributed by atoms with E-state index in [-0.39, 0.29) is 17.7 Å². The highest BCUT2D eigenvalue weighted by Crippen LogP contribution is 2.27. The number of aryl methyl sites for hydroxylation is 2. The van der Waals surface area contributed by atoms with Gasteiger partial charge < -0.3 is 14.6 Å². The van der Waals surface area contributed by atoms with Crippen molar-refractivity contribution in [3.8, 4) is 5.69 Å². The van der Waals surface area contributed by atoms with E-state index >= 15 is 0 Å². The molecule has 5 heteroatoms. The van der Waals surface area contributed by atoms with Crippen LogP contribution in [0.3, 0.4) is 0 Å². The number of carbonyl (C=O) groups is 2. The predicted octanol–water partition coefficient (Wildman–Crippen LogP) is 3.59. The lowest BCUT2D eigenvalue weighted by atomic mass is 9.87. The first kappa shape index (κ1) is 18.2. The third-order valence-electron chi connectivity index (χ3n) is 5.43. The molecule has 2 unspecified atom stereocenters. The van der Waals surface area contributed by atoms with Crippen molar-refractivity contribution in [1.82, 2.24) is 9.47 Å². The average Bonchev–Trinajstić information content (AvgIpc) is 2.88. The lowest BCUT2D eigenvalue weighted by Gasteiger charge is -2.35. The quantitative estimate of drug-likeness (QED) is 0.916. The fraction of sp³-hybridized carbons (Fsp3) is 0.429. The zero-order valence-corrected chi connectivity index (χ0v) is 15.8. The molecule has 0 bridgehead atoms. The van der Waals surface area contributed by atoms with Crippen molar-refractivity contribution in [3.63, 3.8) is 0 Å². The van der Waals surface area contributed by atoms with Gasteiger partial charge in [-0.25, -0.2) is 0 Å². The predicted molar refractivity (Wildman–Crippen MR) is 101 cm³/mol. The second-order valence-electron chi connectivity index (χ2n) is 7.42. The van der Waals surface area contributed by atoms with Crippen LogP contribution in [-0.4, -0.2) is 39.5 Å². The van der Waals surface area contributed by atoms with E-state index in [4.69, 9.17) is 0 Å². The van der Waals surface area contributed by atoms with E-state index < -0.39 is 5.97 Å². The Hall–Kier alpha value is -2.56. The van der Waals surface area contributed by atoms with Crippen LogP contribution in [0.25, 0.3) is 5.69 Å². The zero-order valence-electron chi connectivity index (χ0n) is 15.8. The topological polar surface area (TPSA) is 62.5 Å². The van der Waals surface area contributed by atoms with Crippen molar-refractivity contribution in [2.75, 3.05) is 13.1 Å². The Bertz CT molecular complexity index is 853. The molecule has 1 amide bonds. The molecule has 2 aromatic rings. The summed E-state index contributed by atoms with van der Waals surface area (Å²) in [6.45, 7) is 8.92. The standard InChI is InChI=1S/C21H26N2O3/c1-13-6-5-7-17(10-13)23-15(3)11-19(16(23)4)20(24)22-9-8-18(21(25)26)14(2)12-22/h5-7,10-11,14,18H,8-9,12H2,1-4H3,(H,25,26). The van der Waals surface area contributed by atoms with Gasteiger partial charge in [-0.2, -0.15) is 0 Å². The maximum atomic E-state index is 13.1. The van der Waals surface area contributed by atoms with Gasteiger partial charge in [-0.1, -0.05) is 19.1 Å². The van der Waals surface area contributed by atoms with Crippen LogP contribution in [0.5, 0.6) is 0 Å². The number of amides is 1. The first-order valence-corrected chi connectivity index (χ1v) is 9.07. The van der Waals surface area contributed by atoms with Crippen LogP contribution in [-0.2, 0) is 4.79 Å². The summed E-state index contributed by atoms with van der Waals surface area (Å²) in [6.07, 6.45) is 0.513. The average molecular weight is 354 g/mol. The van der Waals surface area contributed by atoms with E-state index in [2.05, 4.69) is 23.6 Å². The fourth-order valence-corrected chi connectivity index (χ4v) is 4.01. The lowest BCUT2D eigenvalue weighted by molar-refractivity contribution is -0.145. The monoisotopic (exact) mass is 354 g/mol. The maximum absolute atomic E-state index is 13.1. The zero-order chi connectivity index (χ0) is 19.0. The minimum Gasteiger partial charge on any atom is -0.481 e. The number of nitrogens with zero attached hydrogens (tertiary/aromatic N) is 2. The van der Waals surface area contributed by atoms with Gasteiger partial charge in [0.05, 0.1) is 11.5 Å². The second-order valence-corrected chi connectivity index (χ2v) is 7.42. The molecule has 1 aromatic carbocycles. The molecule has 26 heavy (non-hydrogen) atoms. The number of piperidine rings is 1. The van der Waals surface area contributed by atoms with Crippen LogP contribution >= 0.6 is 0 Å². The van der Waals surface area contributed by atoms with Crippen molar-refractivity contribution in [1.29, 1.82) is 0 Å². The molecule has 5 nitrogen and oxygen atoms in total. The minimum absolute atomic E-state index is 0.00677. The third kappa shape index (κ3) is 3.26. The van der Waals surface area contributed by atoms with Gasteiger partial charge in [0, 0.05) is 30.2 Å². The normalized spacial score (nSPS) is 20.2. The Morgan fingerprint density at radius 1 is 1.15 bits per heavy atom. The van der Waals surface area contributed by atoms with Crippen molar-refractivity contribution in [3.05, 3.63) is 52.8 Å². The molecule has 0 radical (unpaired) electrons. The molecule has 2 heterocycles. The Morgan fingerprint density at radius 3 is 2.50 bits per heavy atom. The first-order valence-electron chi connectivity index (χ1n) is 9.07. The van der Waals surface area contributed by atoms with Crippen LogP contribution in [0.15, 0.2) is 30.3 Å². The van der Waals surface area contributed by atoms with E-state index in [0.717, 1.165) is 17.1 Å². The van der Waals surface area contributed by atoms with Crippen LogP contribution < -0.4 is 0 Å². The number of benzene rings is 1. The number of carboxylic acid groups (broad SMARTS) is 1. The molecule has 1 aromatic heterocycles. The number of likely N-dealkylation sites (tertiary alicyclic amines) is 1. The summed E-state index contributed by atoms with van der Waals surface area (Å²) >= 11 is 0. The molecule has 3 rings (SSSR count). The first-order chi connectivity index (χ1) is 12.3. The van der Waals surface area contributed by atoms with Crippen molar-refractivity contribution in [2.45, 2.75) is 34.1 Å². The molecule has 2 atom stereocenters. The molecule has 1 saturated heterocycles. The summed E-state index contributed by atoms with van der Waals surface area (Å²) in [5, 5.41) is 9.28. The summed E-state index contributed by atoms with van der Waals surface area (Å²) in [6, 6.07) is 10.2. The van der Waals surface area contributed by atoms with Gasteiger partial charge >= 0.3 is 5.97 Å². The molecule has 1 aliphatic rings. The van der Waals surface area contributed by atoms with Gasteiger partial charge in [0.15, 0.2) is 0 Å². The van der Waals surface area contributed by atoms with Gasteiger partial charge in [-0.05, 0) is 56.9 Å². The Kier molecular flexibility index (Phi) is 4.90. The molecule has 1 aliphatic heterocycles. The number of carboxylic acids is 1. The molecule has 1 fully saturated rings. The smallest absolute Gasteiger partial charge is 0.306 e. The fourth-order valence-electron chi connectivity index (χ4n) is 4.01. The van der Waals surface area contributed by atoms with Crippen LogP contribution in [0.1, 0.15) is 40.7 Å². The van der Waals surface area contributed by atoms with Gasteiger partial charge in [0.25, 0.3) is 5.91 Å². The molecule has 1 N–H and O–H groups in total. The lowest BCUT2D eigenvalue weighted by Crippen LogP contribution is -2.45. The number of rotatable bonds is 3. The Morgan fingerprint density at radius 2 is 1.88 bits per heavy atom. The van der Waals surface area contributed by atoms with Crippen molar-refractivity contribution in [2.24, 2.45) is 11.8 Å². The van der Waals surface area contributed by atoms with Crippen LogP contribution in [0.4, 0.5) is 0 Å². The molecular formula is C21H26N2O3. The minimum atomic E-state index is -0.762. The maximum Gasteiger partial charge on any atom is 0.306 e. The van der Waals surface area contributed by atoms with Crippen molar-refractivity contribution < 1.29 is 14.7 Å². The Labute approximate surface area is 154 Å². The van der Waals surface area contributed by atoms with E-state index in [0.29, 0.717) is 25.1 Å². The van der Waals surface area contributed by atoms with Crippen LogP contribution in [0.2, 0.25) is 0 Å². The molecule has 0 aliphatic carbocycles. The molecular weight excluding hydrogens is 328 g/mol. The summed E-state index contributed by atoms with van der Waals surface area (Å²) in [7, 11) is 0. The SMILES string of the molecule is Cc1cccc(-n2c(C)cc(C(=O)N3CCC(C(=O)O)C(C)C3)c2C)c1. The number of hydrogen-bond donors (Lipinski definition) is 1. The second kappa shape index (κ2) is 6.98. The summed E-state index contributed by atoms with van der Waals surface area (Å²) in [5.74, 6) is -1.17. The Balaban J connectivity index is 1.88. The molecule has 0 saturated carbocycles. The van der Waals surface area contributed by atoms with E-state index in [1.54, 1.807) is 4.90 Å². The highest BCUT2D eigenvalue weighted by atomic mass is 16.4. The van der Waals surface area contributed by atoms with Gasteiger partial charge in [0.1, 0.15) is 0 Å². The number of carbonyl (C=O) groups excluding carboxylic acids is 1. The van der Waals surface area contributed by atoms with E-state index in [1.807, 2.05) is 39.0 Å². The molecule has 138 valence electrons. The van der Waals surface area contributed by atoms with Gasteiger partial charge in [-0.15, -0.1) is 0 Å². The third-order valence-corrected chi connectivity index (χ3v) is 5.43. The van der Waals surface area contributed by atoms with Crippen LogP contribution in [0, 0.1) is 32.6 Å². The van der Waals surface area contributed by atoms with Gasteiger partial charge in [-0.3, -0.25) is 9.59 Å². The van der Waals surface area contributed by atoms with Crippen molar-refractivity contribution >= 4 is 11.9 Å². The number of aliphatic carboxylic acids is 1. The number of hydrogen-bond acceptors (Lipinski definition) is 2. The number of aromatic nitrogens is 1. The summed E-state index contributed by atoms with van der Waals surface area (Å²) < 4.78 is 2.10. The molecule has 0 spiro atoms. The summed E-state index contributed by atoms with van der Waals surface area (Å²) in [5.41, 5.74) is 4.87. The van der Waals surface area contributed by atoms with Gasteiger partial charge in [0.2, 0.25) is 0 Å². The van der Waals surface area contributed by atoms with E-state index in [9.17, 15) is 14.7 Å². The largest absolute Gasteiger partial charge is 0.481 e. The van der Waals surface area contributed by atoms with E-state index in [1.165, 1.54) is 5.56 Å². The summed E-state index contributed by atoms with van der Waals surface area (Å²) in [4.78, 5) is 26.2. The highest BCUT2D eigenvalue weighted by Gasteiger charge is 2.34. The highest BCUT2D eigenvalue weighted by molar-refractivity contribution is 5.96.